The highest BCUT2D eigenvalue weighted by molar-refractivity contribution is 5.86. The van der Waals surface area contributed by atoms with Crippen LogP contribution < -0.4 is 10.1 Å². The molecule has 25 heavy (non-hydrogen) atoms. The van der Waals surface area contributed by atoms with Gasteiger partial charge in [0.1, 0.15) is 5.75 Å². The Morgan fingerprint density at radius 1 is 1.12 bits per heavy atom. The van der Waals surface area contributed by atoms with Crippen LogP contribution in [0, 0.1) is 0 Å². The van der Waals surface area contributed by atoms with Crippen molar-refractivity contribution in [1.82, 2.24) is 10.2 Å². The summed E-state index contributed by atoms with van der Waals surface area (Å²) in [6, 6.07) is 12.0. The Hall–Kier alpha value is -2.56. The monoisotopic (exact) mass is 340 g/mol. The van der Waals surface area contributed by atoms with Gasteiger partial charge in [-0.2, -0.15) is 0 Å². The van der Waals surface area contributed by atoms with Crippen LogP contribution >= 0.6 is 0 Å². The minimum atomic E-state index is -0.106. The first-order valence-electron chi connectivity index (χ1n) is 8.77. The Bertz CT molecular complexity index is 773. The van der Waals surface area contributed by atoms with Gasteiger partial charge < -0.3 is 15.0 Å². The topological polar surface area (TPSA) is 58.6 Å². The second-order valence-electron chi connectivity index (χ2n) is 6.45. The molecule has 3 rings (SSSR count). The van der Waals surface area contributed by atoms with Crippen molar-refractivity contribution >= 4 is 22.6 Å². The van der Waals surface area contributed by atoms with Crippen molar-refractivity contribution in [3.8, 4) is 5.75 Å². The van der Waals surface area contributed by atoms with Crippen LogP contribution in [0.25, 0.3) is 10.8 Å². The summed E-state index contributed by atoms with van der Waals surface area (Å²) in [6.45, 7) is 1.30. The summed E-state index contributed by atoms with van der Waals surface area (Å²) in [5.41, 5.74) is 1.04. The molecule has 1 aliphatic heterocycles. The molecule has 0 bridgehead atoms. The van der Waals surface area contributed by atoms with E-state index in [1.54, 1.807) is 12.0 Å². The zero-order valence-electron chi connectivity index (χ0n) is 14.6. The van der Waals surface area contributed by atoms with Gasteiger partial charge in [0, 0.05) is 19.5 Å². The molecular formula is C20H24N2O3. The Balaban J connectivity index is 1.58. The van der Waals surface area contributed by atoms with E-state index in [1.165, 1.54) is 0 Å². The molecular weight excluding hydrogens is 316 g/mol. The molecule has 0 spiro atoms. The molecule has 2 amide bonds. The molecule has 5 heteroatoms. The number of hydrogen-bond donors (Lipinski definition) is 1. The Morgan fingerprint density at radius 3 is 2.76 bits per heavy atom. The minimum Gasteiger partial charge on any atom is -0.497 e. The van der Waals surface area contributed by atoms with Gasteiger partial charge in [-0.05, 0) is 47.4 Å². The third kappa shape index (κ3) is 4.50. The summed E-state index contributed by atoms with van der Waals surface area (Å²) in [5.74, 6) is 0.813. The Labute approximate surface area is 148 Å². The van der Waals surface area contributed by atoms with E-state index in [1.807, 2.05) is 30.3 Å². The van der Waals surface area contributed by atoms with Gasteiger partial charge in [-0.25, -0.2) is 0 Å². The van der Waals surface area contributed by atoms with E-state index in [-0.39, 0.29) is 18.4 Å². The summed E-state index contributed by atoms with van der Waals surface area (Å²) in [6.07, 6.45) is 3.53. The minimum absolute atomic E-state index is 0.0901. The molecule has 2 aromatic carbocycles. The fourth-order valence-corrected chi connectivity index (χ4v) is 3.15. The van der Waals surface area contributed by atoms with E-state index < -0.39 is 0 Å². The molecule has 1 saturated heterocycles. The molecule has 5 nitrogen and oxygen atoms in total. The maximum atomic E-state index is 12.2. The first-order valence-corrected chi connectivity index (χ1v) is 8.77. The molecule has 0 radical (unpaired) electrons. The number of ether oxygens (including phenoxy) is 1. The molecule has 1 fully saturated rings. The maximum Gasteiger partial charge on any atom is 0.239 e. The first kappa shape index (κ1) is 17.3. The lowest BCUT2D eigenvalue weighted by Crippen LogP contribution is -2.40. The summed E-state index contributed by atoms with van der Waals surface area (Å²) < 4.78 is 5.23. The van der Waals surface area contributed by atoms with Crippen molar-refractivity contribution in [2.75, 3.05) is 20.2 Å². The number of nitrogens with zero attached hydrogens (tertiary/aromatic N) is 1. The largest absolute Gasteiger partial charge is 0.497 e. The highest BCUT2D eigenvalue weighted by Crippen LogP contribution is 2.21. The number of rotatable bonds is 5. The molecule has 1 heterocycles. The van der Waals surface area contributed by atoms with Crippen molar-refractivity contribution in [2.24, 2.45) is 0 Å². The molecule has 0 aromatic heterocycles. The second-order valence-corrected chi connectivity index (χ2v) is 6.45. The van der Waals surface area contributed by atoms with Gasteiger partial charge >= 0.3 is 0 Å². The third-order valence-corrected chi connectivity index (χ3v) is 4.61. The SMILES string of the molecule is COc1ccc2cc(CNC(=O)CN3CCCCCC3=O)ccc2c1. The summed E-state index contributed by atoms with van der Waals surface area (Å²) >= 11 is 0. The number of likely N-dealkylation sites (tertiary alicyclic amines) is 1. The van der Waals surface area contributed by atoms with Gasteiger partial charge in [-0.1, -0.05) is 24.6 Å². The van der Waals surface area contributed by atoms with E-state index in [9.17, 15) is 9.59 Å². The average Bonchev–Trinajstić information content (AvgIpc) is 2.84. The van der Waals surface area contributed by atoms with E-state index in [4.69, 9.17) is 4.74 Å². The van der Waals surface area contributed by atoms with Crippen LogP contribution in [-0.2, 0) is 16.1 Å². The lowest BCUT2D eigenvalue weighted by Gasteiger charge is -2.19. The predicted octanol–water partition coefficient (Wildman–Crippen LogP) is 2.87. The van der Waals surface area contributed by atoms with Crippen molar-refractivity contribution in [1.29, 1.82) is 0 Å². The van der Waals surface area contributed by atoms with Gasteiger partial charge in [0.25, 0.3) is 0 Å². The lowest BCUT2D eigenvalue weighted by atomic mass is 10.1. The van der Waals surface area contributed by atoms with Crippen LogP contribution in [0.4, 0.5) is 0 Å². The van der Waals surface area contributed by atoms with E-state index >= 15 is 0 Å². The van der Waals surface area contributed by atoms with Gasteiger partial charge in [-0.15, -0.1) is 0 Å². The van der Waals surface area contributed by atoms with Crippen LogP contribution in [0.5, 0.6) is 5.75 Å². The summed E-state index contributed by atoms with van der Waals surface area (Å²) in [4.78, 5) is 25.8. The standard InChI is InChI=1S/C20H24N2O3/c1-25-18-9-8-16-11-15(6-7-17(16)12-18)13-21-19(23)14-22-10-4-2-3-5-20(22)24/h6-9,11-12H,2-5,10,13-14H2,1H3,(H,21,23). The number of benzene rings is 2. The van der Waals surface area contributed by atoms with Gasteiger partial charge in [0.2, 0.25) is 11.8 Å². The van der Waals surface area contributed by atoms with Crippen molar-refractivity contribution in [3.05, 3.63) is 42.0 Å². The first-order chi connectivity index (χ1) is 12.2. The predicted molar refractivity (Wildman–Crippen MR) is 97.4 cm³/mol. The number of fused-ring (bicyclic) bond motifs is 1. The number of carbonyl (C=O) groups excluding carboxylic acids is 2. The molecule has 0 saturated carbocycles. The lowest BCUT2D eigenvalue weighted by molar-refractivity contribution is -0.135. The Morgan fingerprint density at radius 2 is 1.92 bits per heavy atom. The molecule has 1 N–H and O–H groups in total. The molecule has 0 aliphatic carbocycles. The molecule has 2 aromatic rings. The number of hydrogen-bond acceptors (Lipinski definition) is 3. The highest BCUT2D eigenvalue weighted by atomic mass is 16.5. The number of methoxy groups -OCH3 is 1. The highest BCUT2D eigenvalue weighted by Gasteiger charge is 2.18. The van der Waals surface area contributed by atoms with Crippen LogP contribution in [-0.4, -0.2) is 36.9 Å². The van der Waals surface area contributed by atoms with Crippen molar-refractivity contribution < 1.29 is 14.3 Å². The summed E-state index contributed by atoms with van der Waals surface area (Å²) in [7, 11) is 1.65. The number of carbonyl (C=O) groups is 2. The molecule has 1 aliphatic rings. The van der Waals surface area contributed by atoms with Gasteiger partial charge in [0.05, 0.1) is 13.7 Å². The van der Waals surface area contributed by atoms with E-state index in [2.05, 4.69) is 11.4 Å². The average molecular weight is 340 g/mol. The van der Waals surface area contributed by atoms with Crippen LogP contribution in [0.3, 0.4) is 0 Å². The molecule has 0 atom stereocenters. The number of amides is 2. The van der Waals surface area contributed by atoms with Crippen molar-refractivity contribution in [2.45, 2.75) is 32.2 Å². The van der Waals surface area contributed by atoms with Crippen LogP contribution in [0.1, 0.15) is 31.2 Å². The smallest absolute Gasteiger partial charge is 0.239 e. The molecule has 132 valence electrons. The zero-order chi connectivity index (χ0) is 17.6. The normalized spacial score (nSPS) is 15.1. The summed E-state index contributed by atoms with van der Waals surface area (Å²) in [5, 5.41) is 5.13. The molecule has 0 unspecified atom stereocenters. The van der Waals surface area contributed by atoms with E-state index in [0.29, 0.717) is 19.5 Å². The number of nitrogens with one attached hydrogen (secondary N) is 1. The third-order valence-electron chi connectivity index (χ3n) is 4.61. The quantitative estimate of drug-likeness (QED) is 0.910. The van der Waals surface area contributed by atoms with Gasteiger partial charge in [-0.3, -0.25) is 9.59 Å². The Kier molecular flexibility index (Phi) is 5.53. The fraction of sp³-hybridized carbons (Fsp3) is 0.400. The fourth-order valence-electron chi connectivity index (χ4n) is 3.15. The second kappa shape index (κ2) is 8.01. The maximum absolute atomic E-state index is 12.2. The van der Waals surface area contributed by atoms with E-state index in [0.717, 1.165) is 41.3 Å². The van der Waals surface area contributed by atoms with Crippen LogP contribution in [0.15, 0.2) is 36.4 Å². The van der Waals surface area contributed by atoms with Crippen LogP contribution in [0.2, 0.25) is 0 Å². The van der Waals surface area contributed by atoms with Crippen molar-refractivity contribution in [3.63, 3.8) is 0 Å². The zero-order valence-corrected chi connectivity index (χ0v) is 14.6. The van der Waals surface area contributed by atoms with Gasteiger partial charge in [0.15, 0.2) is 0 Å².